The summed E-state index contributed by atoms with van der Waals surface area (Å²) >= 11 is 0. The number of nitrogens with zero attached hydrogens (tertiary/aromatic N) is 7. The SMILES string of the molecule is COC(=O)Nc1ccc(-c2cnc3ccc(-c4nc(C#N)nn4-c4ccc(F)cc4)cn23)cn1. The Balaban J connectivity index is 1.57. The van der Waals surface area contributed by atoms with Crippen LogP contribution in [0.4, 0.5) is 15.0 Å². The van der Waals surface area contributed by atoms with E-state index in [0.29, 0.717) is 28.5 Å². The number of nitrogens with one attached hydrogen (secondary N) is 1. The summed E-state index contributed by atoms with van der Waals surface area (Å²) in [5.41, 5.74) is 3.43. The van der Waals surface area contributed by atoms with E-state index in [1.807, 2.05) is 28.8 Å². The molecule has 10 nitrogen and oxygen atoms in total. The van der Waals surface area contributed by atoms with Gasteiger partial charge in [0.2, 0.25) is 0 Å². The number of fused-ring (bicyclic) bond motifs is 1. The molecule has 0 saturated heterocycles. The number of nitriles is 1. The van der Waals surface area contributed by atoms with E-state index in [1.54, 1.807) is 36.7 Å². The standard InChI is InChI=1S/C23H15FN8O2/c1-34-23(33)29-19-8-2-14(11-26-19)18-12-27-21-9-3-15(13-31(18)21)22-28-20(10-25)30-32(22)17-6-4-16(24)5-7-17/h2-9,11-13H,1H3,(H,26,29,33). The van der Waals surface area contributed by atoms with Crippen LogP contribution >= 0.6 is 0 Å². The molecule has 1 amide bonds. The fourth-order valence-electron chi connectivity index (χ4n) is 3.41. The molecule has 0 spiro atoms. The minimum Gasteiger partial charge on any atom is -0.453 e. The number of imidazole rings is 1. The van der Waals surface area contributed by atoms with Crippen LogP contribution in [0.2, 0.25) is 0 Å². The maximum absolute atomic E-state index is 13.4. The van der Waals surface area contributed by atoms with Crippen molar-refractivity contribution in [3.63, 3.8) is 0 Å². The normalized spacial score (nSPS) is 10.7. The number of pyridine rings is 2. The third kappa shape index (κ3) is 3.80. The van der Waals surface area contributed by atoms with Crippen LogP contribution in [-0.2, 0) is 4.74 Å². The number of rotatable bonds is 4. The number of hydrogen-bond donors (Lipinski definition) is 1. The first kappa shape index (κ1) is 20.8. The van der Waals surface area contributed by atoms with Gasteiger partial charge in [-0.2, -0.15) is 10.2 Å². The van der Waals surface area contributed by atoms with Crippen molar-refractivity contribution in [1.82, 2.24) is 29.1 Å². The number of amides is 1. The molecule has 0 saturated carbocycles. The summed E-state index contributed by atoms with van der Waals surface area (Å²) in [4.78, 5) is 24.4. The van der Waals surface area contributed by atoms with Gasteiger partial charge >= 0.3 is 6.09 Å². The van der Waals surface area contributed by atoms with Crippen LogP contribution in [0.25, 0.3) is 34.0 Å². The molecule has 34 heavy (non-hydrogen) atoms. The summed E-state index contributed by atoms with van der Waals surface area (Å²) in [6.07, 6.45) is 4.52. The molecule has 0 aliphatic heterocycles. The highest BCUT2D eigenvalue weighted by Gasteiger charge is 2.16. The Labute approximate surface area is 191 Å². The molecule has 0 bridgehead atoms. The highest BCUT2D eigenvalue weighted by atomic mass is 19.1. The molecule has 1 aromatic carbocycles. The van der Waals surface area contributed by atoms with Gasteiger partial charge in [0.15, 0.2) is 5.82 Å². The van der Waals surface area contributed by atoms with Gasteiger partial charge in [-0.3, -0.25) is 9.72 Å². The Hall–Kier alpha value is -5.11. The zero-order chi connectivity index (χ0) is 23.7. The fraction of sp³-hybridized carbons (Fsp3) is 0.0435. The average molecular weight is 454 g/mol. The Morgan fingerprint density at radius 1 is 1.06 bits per heavy atom. The zero-order valence-electron chi connectivity index (χ0n) is 17.7. The second-order valence-electron chi connectivity index (χ2n) is 7.10. The first-order valence-electron chi connectivity index (χ1n) is 9.97. The number of benzene rings is 1. The lowest BCUT2D eigenvalue weighted by Crippen LogP contribution is -2.11. The summed E-state index contributed by atoms with van der Waals surface area (Å²) in [5.74, 6) is 0.377. The largest absolute Gasteiger partial charge is 0.453 e. The molecule has 11 heteroatoms. The number of aromatic nitrogens is 6. The van der Waals surface area contributed by atoms with E-state index < -0.39 is 6.09 Å². The van der Waals surface area contributed by atoms with Crippen LogP contribution in [0.5, 0.6) is 0 Å². The van der Waals surface area contributed by atoms with Crippen LogP contribution in [0, 0.1) is 17.1 Å². The monoisotopic (exact) mass is 454 g/mol. The van der Waals surface area contributed by atoms with Crippen molar-refractivity contribution in [1.29, 1.82) is 5.26 Å². The third-order valence-electron chi connectivity index (χ3n) is 5.02. The van der Waals surface area contributed by atoms with Crippen LogP contribution in [0.3, 0.4) is 0 Å². The molecule has 0 atom stereocenters. The summed E-state index contributed by atoms with van der Waals surface area (Å²) < 4.78 is 21.3. The number of methoxy groups -OCH3 is 1. The first-order chi connectivity index (χ1) is 16.6. The van der Waals surface area contributed by atoms with Crippen LogP contribution in [-0.4, -0.2) is 42.3 Å². The van der Waals surface area contributed by atoms with Crippen molar-refractivity contribution in [2.45, 2.75) is 0 Å². The lowest BCUT2D eigenvalue weighted by atomic mass is 10.2. The predicted molar refractivity (Wildman–Crippen MR) is 119 cm³/mol. The molecule has 0 radical (unpaired) electrons. The molecule has 5 aromatic rings. The van der Waals surface area contributed by atoms with Gasteiger partial charge < -0.3 is 4.74 Å². The van der Waals surface area contributed by atoms with Crippen LogP contribution in [0.15, 0.2) is 67.1 Å². The van der Waals surface area contributed by atoms with Gasteiger partial charge in [-0.05, 0) is 48.5 Å². The average Bonchev–Trinajstić information content (AvgIpc) is 3.49. The third-order valence-corrected chi connectivity index (χ3v) is 5.02. The fourth-order valence-corrected chi connectivity index (χ4v) is 3.41. The first-order valence-corrected chi connectivity index (χ1v) is 9.97. The molecular weight excluding hydrogens is 439 g/mol. The van der Waals surface area contributed by atoms with Crippen LogP contribution in [0.1, 0.15) is 5.82 Å². The van der Waals surface area contributed by atoms with Gasteiger partial charge in [0.05, 0.1) is 24.7 Å². The molecule has 0 aliphatic rings. The van der Waals surface area contributed by atoms with E-state index in [1.165, 1.54) is 23.9 Å². The number of hydrogen-bond acceptors (Lipinski definition) is 7. The number of anilines is 1. The lowest BCUT2D eigenvalue weighted by Gasteiger charge is -2.08. The number of carbonyl (C=O) groups excluding carboxylic acids is 1. The smallest absolute Gasteiger partial charge is 0.412 e. The van der Waals surface area contributed by atoms with Crippen molar-refractivity contribution in [3.8, 4) is 34.4 Å². The summed E-state index contributed by atoms with van der Waals surface area (Å²) in [7, 11) is 1.27. The second-order valence-corrected chi connectivity index (χ2v) is 7.10. The van der Waals surface area contributed by atoms with E-state index in [-0.39, 0.29) is 11.6 Å². The van der Waals surface area contributed by atoms with Gasteiger partial charge in [-0.15, -0.1) is 5.10 Å². The molecule has 0 unspecified atom stereocenters. The van der Waals surface area contributed by atoms with Gasteiger partial charge in [0, 0.05) is 23.5 Å². The van der Waals surface area contributed by atoms with Crippen molar-refractivity contribution in [3.05, 3.63) is 78.8 Å². The Bertz CT molecular complexity index is 1550. The molecule has 1 N–H and O–H groups in total. The predicted octanol–water partition coefficient (Wildman–Crippen LogP) is 3.83. The highest BCUT2D eigenvalue weighted by Crippen LogP contribution is 2.26. The maximum atomic E-state index is 13.4. The van der Waals surface area contributed by atoms with Gasteiger partial charge in [-0.25, -0.2) is 23.8 Å². The molecule has 4 heterocycles. The number of halogens is 1. The van der Waals surface area contributed by atoms with E-state index >= 15 is 0 Å². The van der Waals surface area contributed by atoms with Crippen molar-refractivity contribution >= 4 is 17.6 Å². The molecule has 4 aromatic heterocycles. The minimum atomic E-state index is -0.610. The van der Waals surface area contributed by atoms with E-state index in [0.717, 1.165) is 11.3 Å². The van der Waals surface area contributed by atoms with Crippen molar-refractivity contribution < 1.29 is 13.9 Å². The van der Waals surface area contributed by atoms with Crippen molar-refractivity contribution in [2.75, 3.05) is 12.4 Å². The molecule has 166 valence electrons. The van der Waals surface area contributed by atoms with Crippen LogP contribution < -0.4 is 5.32 Å². The molecular formula is C23H15FN8O2. The van der Waals surface area contributed by atoms with Gasteiger partial charge in [-0.1, -0.05) is 0 Å². The number of carbonyl (C=O) groups is 1. The lowest BCUT2D eigenvalue weighted by molar-refractivity contribution is 0.187. The maximum Gasteiger partial charge on any atom is 0.412 e. The Kier molecular flexibility index (Phi) is 5.15. The molecule has 0 aliphatic carbocycles. The molecule has 0 fully saturated rings. The van der Waals surface area contributed by atoms with E-state index in [2.05, 4.69) is 30.1 Å². The second kappa shape index (κ2) is 8.44. The Morgan fingerprint density at radius 2 is 1.85 bits per heavy atom. The van der Waals surface area contributed by atoms with Gasteiger partial charge in [0.1, 0.15) is 23.4 Å². The quantitative estimate of drug-likeness (QED) is 0.438. The van der Waals surface area contributed by atoms with E-state index in [9.17, 15) is 14.4 Å². The van der Waals surface area contributed by atoms with E-state index in [4.69, 9.17) is 0 Å². The Morgan fingerprint density at radius 3 is 2.56 bits per heavy atom. The topological polar surface area (TPSA) is 123 Å². The summed E-state index contributed by atoms with van der Waals surface area (Å²) in [6.45, 7) is 0. The summed E-state index contributed by atoms with van der Waals surface area (Å²) in [6, 6.07) is 14.8. The highest BCUT2D eigenvalue weighted by molar-refractivity contribution is 5.83. The number of ether oxygens (including phenoxy) is 1. The van der Waals surface area contributed by atoms with Crippen molar-refractivity contribution in [2.24, 2.45) is 0 Å². The summed E-state index contributed by atoms with van der Waals surface area (Å²) in [5, 5.41) is 16.1. The minimum absolute atomic E-state index is 0.0110. The zero-order valence-corrected chi connectivity index (χ0v) is 17.7. The molecule has 5 rings (SSSR count). The van der Waals surface area contributed by atoms with Gasteiger partial charge in [0.25, 0.3) is 5.82 Å².